The van der Waals surface area contributed by atoms with Crippen molar-refractivity contribution >= 4 is 5.65 Å². The molecule has 0 radical (unpaired) electrons. The average molecular weight is 323 g/mol. The predicted molar refractivity (Wildman–Crippen MR) is 84.7 cm³/mol. The highest BCUT2D eigenvalue weighted by molar-refractivity contribution is 5.52. The smallest absolute Gasteiger partial charge is 0.162 e. The number of halogens is 1. The molecule has 4 aromatic heterocycles. The first-order valence-corrected chi connectivity index (χ1v) is 7.56. The third kappa shape index (κ3) is 2.32. The Hall–Kier alpha value is -3.16. The van der Waals surface area contributed by atoms with Crippen LogP contribution in [0.3, 0.4) is 0 Å². The molecule has 0 aliphatic rings. The Morgan fingerprint density at radius 3 is 2.88 bits per heavy atom. The van der Waals surface area contributed by atoms with Gasteiger partial charge in [-0.3, -0.25) is 0 Å². The fourth-order valence-corrected chi connectivity index (χ4v) is 2.75. The van der Waals surface area contributed by atoms with Gasteiger partial charge in [-0.15, -0.1) is 0 Å². The summed E-state index contributed by atoms with van der Waals surface area (Å²) >= 11 is 0. The van der Waals surface area contributed by atoms with E-state index in [1.807, 2.05) is 11.5 Å². The maximum Gasteiger partial charge on any atom is 0.162 e. The number of aryl methyl sites for hydroxylation is 1. The lowest BCUT2D eigenvalue weighted by Gasteiger charge is -2.11. The van der Waals surface area contributed by atoms with Gasteiger partial charge in [-0.2, -0.15) is 5.10 Å². The molecule has 0 saturated heterocycles. The van der Waals surface area contributed by atoms with Crippen LogP contribution in [0.2, 0.25) is 0 Å². The fourth-order valence-electron chi connectivity index (χ4n) is 2.75. The van der Waals surface area contributed by atoms with Crippen LogP contribution in [0.5, 0.6) is 0 Å². The second-order valence-corrected chi connectivity index (χ2v) is 5.26. The minimum absolute atomic E-state index is 0.226. The van der Waals surface area contributed by atoms with E-state index in [1.54, 1.807) is 35.5 Å². The summed E-state index contributed by atoms with van der Waals surface area (Å²) in [7, 11) is 0. The Labute approximate surface area is 136 Å². The minimum Gasteiger partial charge on any atom is -0.324 e. The molecule has 0 bridgehead atoms. The Morgan fingerprint density at radius 2 is 2.04 bits per heavy atom. The quantitative estimate of drug-likeness (QED) is 0.575. The predicted octanol–water partition coefficient (Wildman–Crippen LogP) is 2.13. The Morgan fingerprint density at radius 1 is 1.12 bits per heavy atom. The molecule has 0 aliphatic carbocycles. The Kier molecular flexibility index (Phi) is 3.49. The van der Waals surface area contributed by atoms with E-state index in [0.717, 1.165) is 23.3 Å². The van der Waals surface area contributed by atoms with Crippen molar-refractivity contribution < 1.29 is 4.39 Å². The summed E-state index contributed by atoms with van der Waals surface area (Å²) in [4.78, 5) is 17.1. The fraction of sp³-hybridized carbons (Fsp3) is 0.188. The Balaban J connectivity index is 1.78. The Bertz CT molecular complexity index is 1000. The molecule has 0 saturated carbocycles. The lowest BCUT2D eigenvalue weighted by Crippen LogP contribution is -2.09. The molecule has 7 nitrogen and oxygen atoms in total. The monoisotopic (exact) mass is 323 g/mol. The molecule has 4 rings (SSSR count). The van der Waals surface area contributed by atoms with E-state index in [9.17, 15) is 4.39 Å². The third-order valence-electron chi connectivity index (χ3n) is 3.87. The second kappa shape index (κ2) is 5.80. The zero-order valence-corrected chi connectivity index (χ0v) is 13.0. The highest BCUT2D eigenvalue weighted by Crippen LogP contribution is 2.20. The van der Waals surface area contributed by atoms with Gasteiger partial charge in [0.2, 0.25) is 0 Å². The number of hydrogen-bond acceptors (Lipinski definition) is 5. The molecule has 0 fully saturated rings. The molecule has 0 spiro atoms. The van der Waals surface area contributed by atoms with Gasteiger partial charge in [0, 0.05) is 24.2 Å². The van der Waals surface area contributed by atoms with Crippen LogP contribution >= 0.6 is 0 Å². The first-order chi connectivity index (χ1) is 11.8. The molecular formula is C16H14FN7. The van der Waals surface area contributed by atoms with Crippen molar-refractivity contribution in [1.82, 2.24) is 34.1 Å². The van der Waals surface area contributed by atoms with Crippen molar-refractivity contribution in [3.8, 4) is 11.5 Å². The summed E-state index contributed by atoms with van der Waals surface area (Å²) < 4.78 is 17.5. The van der Waals surface area contributed by atoms with Gasteiger partial charge in [-0.1, -0.05) is 6.92 Å². The molecule has 24 heavy (non-hydrogen) atoms. The number of nitrogens with zero attached hydrogens (tertiary/aromatic N) is 7. The zero-order valence-electron chi connectivity index (χ0n) is 13.0. The summed E-state index contributed by atoms with van der Waals surface area (Å²) in [6, 6.07) is 2.93. The van der Waals surface area contributed by atoms with E-state index in [0.29, 0.717) is 12.4 Å². The third-order valence-corrected chi connectivity index (χ3v) is 3.87. The van der Waals surface area contributed by atoms with Gasteiger partial charge >= 0.3 is 0 Å². The lowest BCUT2D eigenvalue weighted by molar-refractivity contribution is 0.621. The SMILES string of the molecule is CCc1c(Cn2ccnc2-c2ncccc2F)ncn2ncnc12. The molecule has 8 heteroatoms. The van der Waals surface area contributed by atoms with Gasteiger partial charge < -0.3 is 4.57 Å². The van der Waals surface area contributed by atoms with Crippen LogP contribution in [-0.2, 0) is 13.0 Å². The van der Waals surface area contributed by atoms with Crippen LogP contribution in [0.4, 0.5) is 4.39 Å². The molecule has 0 aromatic carbocycles. The summed E-state index contributed by atoms with van der Waals surface area (Å²) in [5.74, 6) is 0.0693. The average Bonchev–Trinajstić information content (AvgIpc) is 3.24. The minimum atomic E-state index is -0.401. The first kappa shape index (κ1) is 14.4. The van der Waals surface area contributed by atoms with Crippen molar-refractivity contribution in [3.05, 3.63) is 60.5 Å². The number of aromatic nitrogens is 7. The van der Waals surface area contributed by atoms with Crippen molar-refractivity contribution in [2.75, 3.05) is 0 Å². The zero-order chi connectivity index (χ0) is 16.5. The number of imidazole rings is 1. The van der Waals surface area contributed by atoms with Crippen LogP contribution in [0.25, 0.3) is 17.2 Å². The normalized spacial score (nSPS) is 11.2. The van der Waals surface area contributed by atoms with Crippen LogP contribution in [-0.4, -0.2) is 34.1 Å². The first-order valence-electron chi connectivity index (χ1n) is 7.56. The molecule has 4 heterocycles. The summed E-state index contributed by atoms with van der Waals surface area (Å²) in [5, 5.41) is 4.11. The van der Waals surface area contributed by atoms with Crippen LogP contribution in [0.15, 0.2) is 43.4 Å². The van der Waals surface area contributed by atoms with Gasteiger partial charge in [-0.25, -0.2) is 28.8 Å². The van der Waals surface area contributed by atoms with Gasteiger partial charge in [0.25, 0.3) is 0 Å². The van der Waals surface area contributed by atoms with Crippen LogP contribution in [0.1, 0.15) is 18.2 Å². The van der Waals surface area contributed by atoms with E-state index in [4.69, 9.17) is 0 Å². The van der Waals surface area contributed by atoms with Crippen molar-refractivity contribution in [2.24, 2.45) is 0 Å². The highest BCUT2D eigenvalue weighted by atomic mass is 19.1. The lowest BCUT2D eigenvalue weighted by atomic mass is 10.1. The van der Waals surface area contributed by atoms with Crippen LogP contribution in [0, 0.1) is 5.82 Å². The molecule has 0 amide bonds. The van der Waals surface area contributed by atoms with Gasteiger partial charge in [0.15, 0.2) is 17.3 Å². The largest absolute Gasteiger partial charge is 0.324 e. The van der Waals surface area contributed by atoms with Crippen molar-refractivity contribution in [3.63, 3.8) is 0 Å². The summed E-state index contributed by atoms with van der Waals surface area (Å²) in [5.41, 5.74) is 2.88. The molecular weight excluding hydrogens is 309 g/mol. The van der Waals surface area contributed by atoms with E-state index in [2.05, 4.69) is 25.0 Å². The maximum atomic E-state index is 14.0. The number of hydrogen-bond donors (Lipinski definition) is 0. The van der Waals surface area contributed by atoms with Crippen LogP contribution < -0.4 is 0 Å². The van der Waals surface area contributed by atoms with Gasteiger partial charge in [-0.05, 0) is 18.6 Å². The van der Waals surface area contributed by atoms with Crippen molar-refractivity contribution in [2.45, 2.75) is 19.9 Å². The van der Waals surface area contributed by atoms with Gasteiger partial charge in [0.1, 0.15) is 18.3 Å². The molecule has 0 atom stereocenters. The van der Waals surface area contributed by atoms with E-state index in [-0.39, 0.29) is 5.69 Å². The number of rotatable bonds is 4. The molecule has 120 valence electrons. The standard InChI is InChI=1S/C16H14FN7/c1-2-11-13(21-10-24-15(11)20-9-22-24)8-23-7-6-19-16(23)14-12(17)4-3-5-18-14/h3-7,9-10H,2,8H2,1H3. The van der Waals surface area contributed by atoms with E-state index >= 15 is 0 Å². The summed E-state index contributed by atoms with van der Waals surface area (Å²) in [6.45, 7) is 2.50. The maximum absolute atomic E-state index is 14.0. The topological polar surface area (TPSA) is 73.8 Å². The molecule has 4 aromatic rings. The number of fused-ring (bicyclic) bond motifs is 1. The molecule has 0 N–H and O–H groups in total. The number of pyridine rings is 1. The highest BCUT2D eigenvalue weighted by Gasteiger charge is 2.15. The molecule has 0 unspecified atom stereocenters. The second-order valence-electron chi connectivity index (χ2n) is 5.26. The van der Waals surface area contributed by atoms with E-state index < -0.39 is 5.82 Å². The van der Waals surface area contributed by atoms with Gasteiger partial charge in [0.05, 0.1) is 12.2 Å². The van der Waals surface area contributed by atoms with E-state index in [1.165, 1.54) is 12.4 Å². The summed E-state index contributed by atoms with van der Waals surface area (Å²) in [6.07, 6.45) is 8.88. The van der Waals surface area contributed by atoms with Crippen molar-refractivity contribution in [1.29, 1.82) is 0 Å². The molecule has 0 aliphatic heterocycles.